The highest BCUT2D eigenvalue weighted by Crippen LogP contribution is 2.33. The summed E-state index contributed by atoms with van der Waals surface area (Å²) in [7, 11) is 0. The zero-order valence-electron chi connectivity index (χ0n) is 12.7. The van der Waals surface area contributed by atoms with Gasteiger partial charge in [-0.1, -0.05) is 32.0 Å². The van der Waals surface area contributed by atoms with Crippen molar-refractivity contribution in [2.45, 2.75) is 20.3 Å². The Balaban J connectivity index is 1.97. The van der Waals surface area contributed by atoms with Crippen molar-refractivity contribution >= 4 is 33.0 Å². The summed E-state index contributed by atoms with van der Waals surface area (Å²) in [6.45, 7) is 7.91. The van der Waals surface area contributed by atoms with Crippen molar-refractivity contribution in [1.29, 1.82) is 0 Å². The van der Waals surface area contributed by atoms with Crippen molar-refractivity contribution in [2.75, 3.05) is 31.9 Å². The van der Waals surface area contributed by atoms with Gasteiger partial charge >= 0.3 is 0 Å². The highest BCUT2D eigenvalue weighted by atomic mass is 32.1. The number of nitrogens with one attached hydrogen (secondary N) is 1. The van der Waals surface area contributed by atoms with E-state index in [-0.39, 0.29) is 5.91 Å². The van der Waals surface area contributed by atoms with Crippen LogP contribution in [-0.4, -0.2) is 37.0 Å². The van der Waals surface area contributed by atoms with Gasteiger partial charge in [-0.25, -0.2) is 0 Å². The Bertz CT molecular complexity index is 609. The number of anilines is 1. The van der Waals surface area contributed by atoms with E-state index < -0.39 is 0 Å². The largest absolute Gasteiger partial charge is 0.397 e. The van der Waals surface area contributed by atoms with E-state index in [0.29, 0.717) is 17.1 Å². The molecule has 21 heavy (non-hydrogen) atoms. The molecule has 1 aromatic heterocycles. The first kappa shape index (κ1) is 15.8. The van der Waals surface area contributed by atoms with E-state index in [4.69, 9.17) is 5.73 Å². The number of amides is 1. The van der Waals surface area contributed by atoms with E-state index in [0.717, 1.165) is 36.1 Å². The van der Waals surface area contributed by atoms with Crippen LogP contribution < -0.4 is 11.1 Å². The van der Waals surface area contributed by atoms with Crippen LogP contribution in [0.4, 0.5) is 5.69 Å². The summed E-state index contributed by atoms with van der Waals surface area (Å²) in [5.74, 6) is -0.0683. The van der Waals surface area contributed by atoms with Crippen LogP contribution in [0, 0.1) is 0 Å². The molecule has 0 aliphatic carbocycles. The van der Waals surface area contributed by atoms with Gasteiger partial charge in [-0.05, 0) is 25.6 Å². The second kappa shape index (κ2) is 7.43. The maximum Gasteiger partial charge on any atom is 0.263 e. The molecular weight excluding hydrogens is 282 g/mol. The number of thiophene rings is 1. The molecule has 0 saturated carbocycles. The highest BCUT2D eigenvalue weighted by molar-refractivity contribution is 7.21. The number of hydrogen-bond acceptors (Lipinski definition) is 4. The lowest BCUT2D eigenvalue weighted by Crippen LogP contribution is -2.35. The molecule has 2 rings (SSSR count). The van der Waals surface area contributed by atoms with Gasteiger partial charge in [0, 0.05) is 23.2 Å². The van der Waals surface area contributed by atoms with Gasteiger partial charge in [0.2, 0.25) is 0 Å². The molecule has 0 unspecified atom stereocenters. The molecule has 0 radical (unpaired) electrons. The summed E-state index contributed by atoms with van der Waals surface area (Å²) in [6.07, 6.45) is 1.13. The van der Waals surface area contributed by atoms with Crippen molar-refractivity contribution in [3.63, 3.8) is 0 Å². The average Bonchev–Trinajstić information content (AvgIpc) is 2.84. The third-order valence-corrected chi connectivity index (χ3v) is 4.73. The van der Waals surface area contributed by atoms with Crippen LogP contribution in [0.15, 0.2) is 24.3 Å². The number of hydrogen-bond donors (Lipinski definition) is 2. The van der Waals surface area contributed by atoms with Crippen LogP contribution in [0.5, 0.6) is 0 Å². The average molecular weight is 305 g/mol. The number of rotatable bonds is 7. The number of carbonyl (C=O) groups is 1. The van der Waals surface area contributed by atoms with Gasteiger partial charge in [-0.2, -0.15) is 0 Å². The van der Waals surface area contributed by atoms with Crippen molar-refractivity contribution in [3.8, 4) is 0 Å². The standard InChI is InChI=1S/C16H23N3OS/c1-3-10-19(4-2)11-9-18-16(20)15-14(17)12-7-5-6-8-13(12)21-15/h5-8H,3-4,9-11,17H2,1-2H3,(H,18,20). The van der Waals surface area contributed by atoms with Gasteiger partial charge in [-0.15, -0.1) is 11.3 Å². The number of fused-ring (bicyclic) bond motifs is 1. The summed E-state index contributed by atoms with van der Waals surface area (Å²) in [5.41, 5.74) is 6.68. The molecule has 1 amide bonds. The SMILES string of the molecule is CCCN(CC)CCNC(=O)c1sc2ccccc2c1N. The third kappa shape index (κ3) is 3.74. The van der Waals surface area contributed by atoms with Gasteiger partial charge in [0.15, 0.2) is 0 Å². The monoisotopic (exact) mass is 305 g/mol. The van der Waals surface area contributed by atoms with Crippen molar-refractivity contribution in [3.05, 3.63) is 29.1 Å². The van der Waals surface area contributed by atoms with E-state index >= 15 is 0 Å². The zero-order chi connectivity index (χ0) is 15.2. The number of nitrogen functional groups attached to an aromatic ring is 1. The normalized spacial score (nSPS) is 11.2. The van der Waals surface area contributed by atoms with Crippen LogP contribution in [0.25, 0.3) is 10.1 Å². The van der Waals surface area contributed by atoms with Crippen LogP contribution in [0.3, 0.4) is 0 Å². The van der Waals surface area contributed by atoms with Crippen LogP contribution in [0.2, 0.25) is 0 Å². The summed E-state index contributed by atoms with van der Waals surface area (Å²) in [5, 5.41) is 3.94. The third-order valence-electron chi connectivity index (χ3n) is 3.54. The topological polar surface area (TPSA) is 58.4 Å². The molecule has 2 aromatic rings. The molecule has 0 spiro atoms. The molecule has 1 heterocycles. The second-order valence-corrected chi connectivity index (χ2v) is 6.08. The van der Waals surface area contributed by atoms with Crippen LogP contribution >= 0.6 is 11.3 Å². The van der Waals surface area contributed by atoms with Crippen molar-refractivity contribution in [1.82, 2.24) is 10.2 Å². The minimum atomic E-state index is -0.0683. The molecule has 5 heteroatoms. The Labute approximate surface area is 129 Å². The zero-order valence-corrected chi connectivity index (χ0v) is 13.5. The molecule has 0 bridgehead atoms. The Hall–Kier alpha value is -1.59. The summed E-state index contributed by atoms with van der Waals surface area (Å²) in [4.78, 5) is 15.2. The lowest BCUT2D eigenvalue weighted by atomic mass is 10.2. The van der Waals surface area contributed by atoms with E-state index in [2.05, 4.69) is 24.1 Å². The van der Waals surface area contributed by atoms with E-state index in [1.54, 1.807) is 0 Å². The Kier molecular flexibility index (Phi) is 5.59. The second-order valence-electron chi connectivity index (χ2n) is 5.03. The highest BCUT2D eigenvalue weighted by Gasteiger charge is 2.15. The number of nitrogens with zero attached hydrogens (tertiary/aromatic N) is 1. The first-order chi connectivity index (χ1) is 10.2. The van der Waals surface area contributed by atoms with Crippen molar-refractivity contribution < 1.29 is 4.79 Å². The molecule has 0 atom stereocenters. The van der Waals surface area contributed by atoms with Crippen LogP contribution in [-0.2, 0) is 0 Å². The lowest BCUT2D eigenvalue weighted by molar-refractivity contribution is 0.0953. The molecule has 0 saturated heterocycles. The van der Waals surface area contributed by atoms with E-state index in [1.165, 1.54) is 11.3 Å². The van der Waals surface area contributed by atoms with E-state index in [9.17, 15) is 4.79 Å². The number of benzene rings is 1. The lowest BCUT2D eigenvalue weighted by Gasteiger charge is -2.19. The molecular formula is C16H23N3OS. The smallest absolute Gasteiger partial charge is 0.263 e. The fraction of sp³-hybridized carbons (Fsp3) is 0.438. The molecule has 0 aliphatic heterocycles. The molecule has 4 nitrogen and oxygen atoms in total. The fourth-order valence-electron chi connectivity index (χ4n) is 2.39. The summed E-state index contributed by atoms with van der Waals surface area (Å²) in [6, 6.07) is 7.85. The minimum Gasteiger partial charge on any atom is -0.397 e. The predicted molar refractivity (Wildman–Crippen MR) is 91.0 cm³/mol. The van der Waals surface area contributed by atoms with Gasteiger partial charge in [0.05, 0.1) is 5.69 Å². The van der Waals surface area contributed by atoms with Crippen molar-refractivity contribution in [2.24, 2.45) is 0 Å². The number of nitrogens with two attached hydrogens (primary N) is 1. The summed E-state index contributed by atoms with van der Waals surface area (Å²) >= 11 is 1.46. The Morgan fingerprint density at radius 2 is 2.05 bits per heavy atom. The maximum absolute atomic E-state index is 12.3. The fourth-order valence-corrected chi connectivity index (χ4v) is 3.43. The first-order valence-electron chi connectivity index (χ1n) is 7.44. The predicted octanol–water partition coefficient (Wildman–Crippen LogP) is 2.95. The van der Waals surface area contributed by atoms with Gasteiger partial charge < -0.3 is 16.0 Å². The Morgan fingerprint density at radius 1 is 1.29 bits per heavy atom. The minimum absolute atomic E-state index is 0.0683. The van der Waals surface area contributed by atoms with Gasteiger partial charge in [0.25, 0.3) is 5.91 Å². The first-order valence-corrected chi connectivity index (χ1v) is 8.26. The quantitative estimate of drug-likeness (QED) is 0.827. The molecule has 0 fully saturated rings. The molecule has 1 aromatic carbocycles. The Morgan fingerprint density at radius 3 is 2.71 bits per heavy atom. The molecule has 3 N–H and O–H groups in total. The van der Waals surface area contributed by atoms with E-state index in [1.807, 2.05) is 24.3 Å². The maximum atomic E-state index is 12.3. The molecule has 114 valence electrons. The summed E-state index contributed by atoms with van der Waals surface area (Å²) < 4.78 is 1.06. The van der Waals surface area contributed by atoms with Gasteiger partial charge in [0.1, 0.15) is 4.88 Å². The van der Waals surface area contributed by atoms with Gasteiger partial charge in [-0.3, -0.25) is 4.79 Å². The van der Waals surface area contributed by atoms with Crippen LogP contribution in [0.1, 0.15) is 29.9 Å². The molecule has 0 aliphatic rings. The number of carbonyl (C=O) groups excluding carboxylic acids is 1. The number of likely N-dealkylation sites (N-methyl/N-ethyl adjacent to an activating group) is 1.